The molecule has 0 aromatic carbocycles. The molecule has 0 aliphatic heterocycles. The molecular weight excluding hydrogens is 228 g/mol. The molecule has 0 N–H and O–H groups in total. The lowest BCUT2D eigenvalue weighted by molar-refractivity contribution is 0.110. The summed E-state index contributed by atoms with van der Waals surface area (Å²) in [6, 6.07) is 0. The minimum atomic E-state index is -2.13. The zero-order valence-electron chi connectivity index (χ0n) is 12.1. The average Bonchev–Trinajstić information content (AvgIpc) is 2.30. The third kappa shape index (κ3) is 7.74. The fourth-order valence-corrected chi connectivity index (χ4v) is 3.53. The van der Waals surface area contributed by atoms with Crippen LogP contribution < -0.4 is 0 Å². The van der Waals surface area contributed by atoms with Gasteiger partial charge in [-0.3, -0.25) is 0 Å². The van der Waals surface area contributed by atoms with Crippen LogP contribution in [-0.2, 0) is 8.85 Å². The highest BCUT2D eigenvalue weighted by Gasteiger charge is 2.30. The van der Waals surface area contributed by atoms with Gasteiger partial charge in [-0.15, -0.1) is 6.58 Å². The summed E-state index contributed by atoms with van der Waals surface area (Å²) in [4.78, 5) is 0. The van der Waals surface area contributed by atoms with Gasteiger partial charge in [-0.05, 0) is 31.5 Å². The first kappa shape index (κ1) is 16.9. The zero-order chi connectivity index (χ0) is 13.1. The van der Waals surface area contributed by atoms with Crippen molar-refractivity contribution in [1.29, 1.82) is 0 Å². The molecule has 0 amide bonds. The Bertz CT molecular complexity index is 191. The molecule has 2 nitrogen and oxygen atoms in total. The molecule has 1 atom stereocenters. The van der Waals surface area contributed by atoms with E-state index in [4.69, 9.17) is 8.85 Å². The van der Waals surface area contributed by atoms with Crippen LogP contribution in [0.15, 0.2) is 12.3 Å². The predicted molar refractivity (Wildman–Crippen MR) is 77.4 cm³/mol. The summed E-state index contributed by atoms with van der Waals surface area (Å²) in [6.45, 7) is 13.4. The normalized spacial score (nSPS) is 14.9. The first-order valence-electron chi connectivity index (χ1n) is 7.07. The number of hydrogen-bond acceptors (Lipinski definition) is 2. The van der Waals surface area contributed by atoms with Crippen LogP contribution in [0, 0.1) is 0 Å². The van der Waals surface area contributed by atoms with Gasteiger partial charge in [0.1, 0.15) is 0 Å². The van der Waals surface area contributed by atoms with Crippen LogP contribution in [0.4, 0.5) is 0 Å². The number of hydrogen-bond donors (Lipinski definition) is 0. The van der Waals surface area contributed by atoms with E-state index in [1.807, 2.05) is 5.70 Å². The summed E-state index contributed by atoms with van der Waals surface area (Å²) in [7, 11) is -2.13. The summed E-state index contributed by atoms with van der Waals surface area (Å²) < 4.78 is 12.2. The van der Waals surface area contributed by atoms with E-state index in [-0.39, 0.29) is 0 Å². The summed E-state index contributed by atoms with van der Waals surface area (Å²) in [5, 5.41) is 0. The van der Waals surface area contributed by atoms with Crippen molar-refractivity contribution in [2.45, 2.75) is 71.9 Å². The maximum atomic E-state index is 6.21. The fourth-order valence-electron chi connectivity index (χ4n) is 1.80. The van der Waals surface area contributed by atoms with Crippen LogP contribution in [-0.4, -0.2) is 21.3 Å². The molecule has 0 saturated carbocycles. The minimum Gasteiger partial charge on any atom is -0.391 e. The van der Waals surface area contributed by atoms with Gasteiger partial charge in [0.15, 0.2) is 0 Å². The van der Waals surface area contributed by atoms with E-state index in [0.717, 1.165) is 32.3 Å². The summed E-state index contributed by atoms with van der Waals surface area (Å²) in [5.74, 6) is 0. The summed E-state index contributed by atoms with van der Waals surface area (Å²) in [5.41, 5.74) is 1.92. The van der Waals surface area contributed by atoms with Crippen LogP contribution in [0.1, 0.15) is 59.3 Å². The fraction of sp³-hybridized carbons (Fsp3) is 0.857. The van der Waals surface area contributed by atoms with Gasteiger partial charge >= 0.3 is 8.56 Å². The highest BCUT2D eigenvalue weighted by atomic mass is 28.4. The van der Waals surface area contributed by atoms with Crippen molar-refractivity contribution < 1.29 is 8.85 Å². The molecule has 3 heteroatoms. The van der Waals surface area contributed by atoms with E-state index in [1.165, 1.54) is 12.8 Å². The van der Waals surface area contributed by atoms with Crippen LogP contribution >= 0.6 is 0 Å². The van der Waals surface area contributed by atoms with Gasteiger partial charge in [0, 0.05) is 12.7 Å². The van der Waals surface area contributed by atoms with Gasteiger partial charge in [-0.25, -0.2) is 0 Å². The monoisotopic (exact) mass is 258 g/mol. The van der Waals surface area contributed by atoms with Crippen molar-refractivity contribution in [2.75, 3.05) is 6.61 Å². The first-order chi connectivity index (χ1) is 8.11. The molecule has 0 bridgehead atoms. The topological polar surface area (TPSA) is 18.5 Å². The second-order valence-corrected chi connectivity index (χ2v) is 7.70. The molecule has 0 aliphatic rings. The Morgan fingerprint density at radius 1 is 1.12 bits per heavy atom. The Hall–Kier alpha value is -0.123. The van der Waals surface area contributed by atoms with Crippen LogP contribution in [0.3, 0.4) is 0 Å². The van der Waals surface area contributed by atoms with E-state index in [9.17, 15) is 0 Å². The summed E-state index contributed by atoms with van der Waals surface area (Å²) >= 11 is 0. The van der Waals surface area contributed by atoms with Gasteiger partial charge in [-0.1, -0.05) is 40.0 Å². The molecule has 0 radical (unpaired) electrons. The number of unbranched alkanes of at least 4 members (excludes halogenated alkanes) is 1. The van der Waals surface area contributed by atoms with Gasteiger partial charge in [0.25, 0.3) is 0 Å². The summed E-state index contributed by atoms with van der Waals surface area (Å²) in [6.07, 6.45) is 7.20. The van der Waals surface area contributed by atoms with E-state index in [1.54, 1.807) is 0 Å². The second kappa shape index (κ2) is 9.86. The van der Waals surface area contributed by atoms with Crippen molar-refractivity contribution in [1.82, 2.24) is 0 Å². The Labute approximate surface area is 109 Å². The number of rotatable bonds is 11. The third-order valence-corrected chi connectivity index (χ3v) is 5.20. The molecule has 0 aromatic heterocycles. The maximum absolute atomic E-state index is 6.21. The van der Waals surface area contributed by atoms with Gasteiger partial charge < -0.3 is 8.85 Å². The van der Waals surface area contributed by atoms with Gasteiger partial charge in [-0.2, -0.15) is 0 Å². The van der Waals surface area contributed by atoms with Crippen molar-refractivity contribution in [2.24, 2.45) is 0 Å². The lowest BCUT2D eigenvalue weighted by atomic mass is 10.1. The largest absolute Gasteiger partial charge is 0.391 e. The molecule has 0 aliphatic carbocycles. The standard InChI is InChI=1S/C14H30O2Si/c1-6-10-13-15-17(5,9-4)16-14(11-7-2)12-8-3/h9,14H,4,6-8,10-13H2,1-3,5H3. The van der Waals surface area contributed by atoms with E-state index >= 15 is 0 Å². The lowest BCUT2D eigenvalue weighted by Gasteiger charge is -2.29. The second-order valence-electron chi connectivity index (χ2n) is 4.74. The molecule has 0 saturated heterocycles. The molecule has 0 aromatic rings. The molecule has 0 heterocycles. The minimum absolute atomic E-state index is 0.348. The molecule has 0 fully saturated rings. The SMILES string of the molecule is C=C[Si](C)(OCCCC)OC(CCC)CCC. The molecule has 17 heavy (non-hydrogen) atoms. The first-order valence-corrected chi connectivity index (χ1v) is 9.46. The van der Waals surface area contributed by atoms with Crippen molar-refractivity contribution in [3.63, 3.8) is 0 Å². The Morgan fingerprint density at radius 2 is 1.71 bits per heavy atom. The quantitative estimate of drug-likeness (QED) is 0.399. The molecule has 0 rings (SSSR count). The zero-order valence-corrected chi connectivity index (χ0v) is 13.1. The molecular formula is C14H30O2Si. The van der Waals surface area contributed by atoms with Crippen molar-refractivity contribution >= 4 is 8.56 Å². The molecule has 0 spiro atoms. The highest BCUT2D eigenvalue weighted by Crippen LogP contribution is 2.18. The Morgan fingerprint density at radius 3 is 2.12 bits per heavy atom. The molecule has 102 valence electrons. The Kier molecular flexibility index (Phi) is 9.79. The average molecular weight is 258 g/mol. The van der Waals surface area contributed by atoms with Crippen LogP contribution in [0.2, 0.25) is 6.55 Å². The molecule has 1 unspecified atom stereocenters. The van der Waals surface area contributed by atoms with Gasteiger partial charge in [0.2, 0.25) is 0 Å². The Balaban J connectivity index is 4.24. The van der Waals surface area contributed by atoms with Crippen LogP contribution in [0.5, 0.6) is 0 Å². The van der Waals surface area contributed by atoms with E-state index in [0.29, 0.717) is 6.10 Å². The predicted octanol–water partition coefficient (Wildman–Crippen LogP) is 4.59. The van der Waals surface area contributed by atoms with E-state index in [2.05, 4.69) is 33.9 Å². The van der Waals surface area contributed by atoms with Crippen molar-refractivity contribution in [3.8, 4) is 0 Å². The van der Waals surface area contributed by atoms with Gasteiger partial charge in [0.05, 0.1) is 0 Å². The third-order valence-electron chi connectivity index (χ3n) is 2.88. The van der Waals surface area contributed by atoms with Crippen LogP contribution in [0.25, 0.3) is 0 Å². The van der Waals surface area contributed by atoms with E-state index < -0.39 is 8.56 Å². The smallest absolute Gasteiger partial charge is 0.361 e. The lowest BCUT2D eigenvalue weighted by Crippen LogP contribution is -2.40. The van der Waals surface area contributed by atoms with Crippen molar-refractivity contribution in [3.05, 3.63) is 12.3 Å². The maximum Gasteiger partial charge on any atom is 0.361 e. The highest BCUT2D eigenvalue weighted by molar-refractivity contribution is 6.71.